The van der Waals surface area contributed by atoms with Gasteiger partial charge in [0.2, 0.25) is 5.91 Å². The van der Waals surface area contributed by atoms with E-state index in [9.17, 15) is 18.0 Å². The molecule has 1 aromatic carbocycles. The summed E-state index contributed by atoms with van der Waals surface area (Å²) in [6.07, 6.45) is 6.53. The number of carbonyl (C=O) groups is 1. The molecule has 1 saturated carbocycles. The molecule has 0 radical (unpaired) electrons. The largest absolute Gasteiger partial charge is 0.338 e. The van der Waals surface area contributed by atoms with E-state index in [0.29, 0.717) is 29.0 Å². The summed E-state index contributed by atoms with van der Waals surface area (Å²) in [7, 11) is -3.07. The molecule has 174 valence electrons. The van der Waals surface area contributed by atoms with Crippen molar-refractivity contribution in [1.82, 2.24) is 14.5 Å². The highest BCUT2D eigenvalue weighted by atomic mass is 32.2. The number of benzene rings is 1. The smallest absolute Gasteiger partial charge is 0.262 e. The molecular weight excluding hydrogens is 446 g/mol. The lowest BCUT2D eigenvalue weighted by molar-refractivity contribution is -0.130. The van der Waals surface area contributed by atoms with E-state index in [1.54, 1.807) is 4.90 Å². The van der Waals surface area contributed by atoms with Gasteiger partial charge in [-0.05, 0) is 37.8 Å². The second-order valence-electron chi connectivity index (χ2n) is 8.81. The first-order valence-corrected chi connectivity index (χ1v) is 14.3. The zero-order valence-electron chi connectivity index (χ0n) is 18.5. The Morgan fingerprint density at radius 1 is 1.19 bits per heavy atom. The SMILES string of the molecule is CCCN(C(=O)CSc1nc2ccccc2c(=O)n1C1CCCCC1)C1CCS(=O)(=O)C1. The van der Waals surface area contributed by atoms with Crippen molar-refractivity contribution in [3.63, 3.8) is 0 Å². The minimum absolute atomic E-state index is 0.0373. The van der Waals surface area contributed by atoms with Gasteiger partial charge in [-0.3, -0.25) is 14.2 Å². The monoisotopic (exact) mass is 477 g/mol. The molecule has 2 aromatic rings. The van der Waals surface area contributed by atoms with Crippen LogP contribution in [0.3, 0.4) is 0 Å². The van der Waals surface area contributed by atoms with Crippen LogP contribution < -0.4 is 5.56 Å². The Morgan fingerprint density at radius 2 is 1.94 bits per heavy atom. The maximum absolute atomic E-state index is 13.4. The topological polar surface area (TPSA) is 89.3 Å². The molecule has 9 heteroatoms. The lowest BCUT2D eigenvalue weighted by Crippen LogP contribution is -2.42. The van der Waals surface area contributed by atoms with E-state index < -0.39 is 9.84 Å². The van der Waals surface area contributed by atoms with Gasteiger partial charge in [-0.2, -0.15) is 0 Å². The number of para-hydroxylation sites is 1. The maximum atomic E-state index is 13.4. The van der Waals surface area contributed by atoms with Crippen LogP contribution in [0.5, 0.6) is 0 Å². The van der Waals surface area contributed by atoms with Crippen LogP contribution in [0.15, 0.2) is 34.2 Å². The molecular formula is C23H31N3O4S2. The van der Waals surface area contributed by atoms with Gasteiger partial charge < -0.3 is 4.90 Å². The second-order valence-corrected chi connectivity index (χ2v) is 12.0. The second kappa shape index (κ2) is 9.95. The Morgan fingerprint density at radius 3 is 2.62 bits per heavy atom. The molecule has 1 amide bonds. The Balaban J connectivity index is 1.60. The van der Waals surface area contributed by atoms with Crippen molar-refractivity contribution in [3.05, 3.63) is 34.6 Å². The third kappa shape index (κ3) is 5.03. The van der Waals surface area contributed by atoms with E-state index in [1.165, 1.54) is 18.2 Å². The minimum atomic E-state index is -3.07. The predicted octanol–water partition coefficient (Wildman–Crippen LogP) is 3.42. The Bertz CT molecular complexity index is 1140. The van der Waals surface area contributed by atoms with Crippen molar-refractivity contribution in [2.45, 2.75) is 69.1 Å². The van der Waals surface area contributed by atoms with Crippen LogP contribution in [0.25, 0.3) is 10.9 Å². The molecule has 1 saturated heterocycles. The van der Waals surface area contributed by atoms with Gasteiger partial charge in [0.1, 0.15) is 0 Å². The molecule has 32 heavy (non-hydrogen) atoms. The first kappa shape index (κ1) is 23.3. The molecule has 0 spiro atoms. The van der Waals surface area contributed by atoms with Crippen LogP contribution >= 0.6 is 11.8 Å². The molecule has 1 atom stereocenters. The van der Waals surface area contributed by atoms with Crippen LogP contribution in [0.4, 0.5) is 0 Å². The Hall–Kier alpha value is -1.87. The summed E-state index contributed by atoms with van der Waals surface area (Å²) in [6.45, 7) is 2.53. The van der Waals surface area contributed by atoms with E-state index in [-0.39, 0.29) is 40.8 Å². The number of aromatic nitrogens is 2. The zero-order valence-corrected chi connectivity index (χ0v) is 20.2. The fraction of sp³-hybridized carbons (Fsp3) is 0.609. The van der Waals surface area contributed by atoms with Crippen LogP contribution in [-0.4, -0.2) is 58.6 Å². The zero-order chi connectivity index (χ0) is 22.7. The molecule has 1 aliphatic carbocycles. The minimum Gasteiger partial charge on any atom is -0.338 e. The summed E-state index contributed by atoms with van der Waals surface area (Å²) < 4.78 is 25.7. The van der Waals surface area contributed by atoms with Crippen molar-refractivity contribution >= 4 is 38.4 Å². The molecule has 1 unspecified atom stereocenters. The van der Waals surface area contributed by atoms with Crippen LogP contribution in [-0.2, 0) is 14.6 Å². The summed E-state index contributed by atoms with van der Waals surface area (Å²) in [5.41, 5.74) is 0.608. The van der Waals surface area contributed by atoms with Gasteiger partial charge in [0.05, 0.1) is 28.2 Å². The van der Waals surface area contributed by atoms with Gasteiger partial charge >= 0.3 is 0 Å². The predicted molar refractivity (Wildman–Crippen MR) is 128 cm³/mol. The number of hydrogen-bond acceptors (Lipinski definition) is 6. The molecule has 2 fully saturated rings. The maximum Gasteiger partial charge on any atom is 0.262 e. The van der Waals surface area contributed by atoms with Crippen molar-refractivity contribution < 1.29 is 13.2 Å². The van der Waals surface area contributed by atoms with E-state index in [2.05, 4.69) is 0 Å². The van der Waals surface area contributed by atoms with E-state index >= 15 is 0 Å². The number of fused-ring (bicyclic) bond motifs is 1. The summed E-state index contributed by atoms with van der Waals surface area (Å²) in [5, 5.41) is 1.20. The Labute approximate surface area is 193 Å². The molecule has 1 aliphatic heterocycles. The normalized spacial score (nSPS) is 21.1. The van der Waals surface area contributed by atoms with Gasteiger partial charge in [-0.15, -0.1) is 0 Å². The molecule has 0 N–H and O–H groups in total. The van der Waals surface area contributed by atoms with Gasteiger partial charge in [0.15, 0.2) is 15.0 Å². The highest BCUT2D eigenvalue weighted by molar-refractivity contribution is 7.99. The third-order valence-electron chi connectivity index (χ3n) is 6.47. The van der Waals surface area contributed by atoms with Crippen molar-refractivity contribution in [2.75, 3.05) is 23.8 Å². The van der Waals surface area contributed by atoms with E-state index in [4.69, 9.17) is 4.98 Å². The number of nitrogens with zero attached hydrogens (tertiary/aromatic N) is 3. The fourth-order valence-electron chi connectivity index (χ4n) is 4.87. The number of amides is 1. The van der Waals surface area contributed by atoms with Crippen molar-refractivity contribution in [1.29, 1.82) is 0 Å². The molecule has 2 heterocycles. The molecule has 2 aliphatic rings. The van der Waals surface area contributed by atoms with Gasteiger partial charge in [-0.1, -0.05) is 50.1 Å². The molecule has 0 bridgehead atoms. The number of rotatable bonds is 7. The van der Waals surface area contributed by atoms with Gasteiger partial charge in [-0.25, -0.2) is 13.4 Å². The highest BCUT2D eigenvalue weighted by Crippen LogP contribution is 2.31. The number of carbonyl (C=O) groups excluding carboxylic acids is 1. The lowest BCUT2D eigenvalue weighted by atomic mass is 9.95. The number of sulfone groups is 1. The van der Waals surface area contributed by atoms with Crippen LogP contribution in [0.2, 0.25) is 0 Å². The van der Waals surface area contributed by atoms with Crippen LogP contribution in [0, 0.1) is 0 Å². The summed E-state index contributed by atoms with van der Waals surface area (Å²) >= 11 is 1.30. The van der Waals surface area contributed by atoms with Crippen molar-refractivity contribution in [3.8, 4) is 0 Å². The summed E-state index contributed by atoms with van der Waals surface area (Å²) in [5.74, 6) is 0.251. The van der Waals surface area contributed by atoms with Gasteiger partial charge in [0, 0.05) is 18.6 Å². The van der Waals surface area contributed by atoms with E-state index in [0.717, 1.165) is 32.1 Å². The number of hydrogen-bond donors (Lipinski definition) is 0. The molecule has 4 rings (SSSR count). The van der Waals surface area contributed by atoms with Gasteiger partial charge in [0.25, 0.3) is 5.56 Å². The van der Waals surface area contributed by atoms with Crippen molar-refractivity contribution in [2.24, 2.45) is 0 Å². The summed E-state index contributed by atoms with van der Waals surface area (Å²) in [4.78, 5) is 33.0. The summed E-state index contributed by atoms with van der Waals surface area (Å²) in [6, 6.07) is 7.22. The average molecular weight is 478 g/mol. The Kier molecular flexibility index (Phi) is 7.24. The average Bonchev–Trinajstić information content (AvgIpc) is 3.15. The lowest BCUT2D eigenvalue weighted by Gasteiger charge is -2.29. The van der Waals surface area contributed by atoms with Crippen LogP contribution in [0.1, 0.15) is 57.9 Å². The third-order valence-corrected chi connectivity index (χ3v) is 9.16. The first-order valence-electron chi connectivity index (χ1n) is 11.5. The standard InChI is InChI=1S/C23H31N3O4S2/c1-2-13-25(18-12-14-32(29,30)16-18)21(27)15-31-23-24-20-11-7-6-10-19(20)22(28)26(23)17-8-4-3-5-9-17/h6-7,10-11,17-18H,2-5,8-9,12-16H2,1H3. The number of thioether (sulfide) groups is 1. The quantitative estimate of drug-likeness (QED) is 0.448. The molecule has 1 aromatic heterocycles. The van der Waals surface area contributed by atoms with E-state index in [1.807, 2.05) is 35.8 Å². The first-order chi connectivity index (χ1) is 15.4. The highest BCUT2D eigenvalue weighted by Gasteiger charge is 2.34. The fourth-order valence-corrected chi connectivity index (χ4v) is 7.55. The molecule has 7 nitrogen and oxygen atoms in total.